The molecule has 0 spiro atoms. The summed E-state index contributed by atoms with van der Waals surface area (Å²) in [5.41, 5.74) is 9.18. The maximum absolute atomic E-state index is 6.58. The predicted octanol–water partition coefficient (Wildman–Crippen LogP) is 14.4. The average Bonchev–Trinajstić information content (AvgIpc) is 3.60. The Bertz CT molecular complexity index is 3130. The molecule has 10 aromatic carbocycles. The topological polar surface area (TPSA) is 13.1 Å². The lowest BCUT2D eigenvalue weighted by Gasteiger charge is -2.21. The van der Waals surface area contributed by atoms with Gasteiger partial charge < -0.3 is 4.42 Å². The van der Waals surface area contributed by atoms with E-state index in [1.807, 2.05) is 0 Å². The molecule has 0 atom stereocenters. The normalized spacial score (nSPS) is 11.9. The van der Waals surface area contributed by atoms with Gasteiger partial charge in [0.05, 0.1) is 0 Å². The molecule has 0 saturated heterocycles. The monoisotopic (exact) mass is 646 g/mol. The quantitative estimate of drug-likeness (QED) is 0.138. The van der Waals surface area contributed by atoms with Crippen LogP contribution in [0.4, 0.5) is 0 Å². The molecule has 11 aromatic rings. The van der Waals surface area contributed by atoms with Crippen LogP contribution in [0, 0.1) is 0 Å². The molecule has 1 heterocycles. The Balaban J connectivity index is 1.31. The van der Waals surface area contributed by atoms with Crippen molar-refractivity contribution in [3.05, 3.63) is 182 Å². The van der Waals surface area contributed by atoms with E-state index in [0.717, 1.165) is 16.6 Å². The molecule has 0 aliphatic rings. The number of furan rings is 1. The Hall–Kier alpha value is -6.70. The molecule has 1 aromatic heterocycles. The van der Waals surface area contributed by atoms with Crippen molar-refractivity contribution in [2.75, 3.05) is 0 Å². The lowest BCUT2D eigenvalue weighted by molar-refractivity contribution is 0.669. The first-order valence-corrected chi connectivity index (χ1v) is 17.6. The first-order valence-electron chi connectivity index (χ1n) is 17.6. The molecular weight excluding hydrogens is 617 g/mol. The Morgan fingerprint density at radius 2 is 0.804 bits per heavy atom. The second-order valence-corrected chi connectivity index (χ2v) is 13.6. The maximum atomic E-state index is 6.58. The van der Waals surface area contributed by atoms with E-state index in [0.29, 0.717) is 0 Å². The highest BCUT2D eigenvalue weighted by Gasteiger charge is 2.23. The van der Waals surface area contributed by atoms with Gasteiger partial charge >= 0.3 is 0 Å². The second-order valence-electron chi connectivity index (χ2n) is 13.6. The van der Waals surface area contributed by atoms with Gasteiger partial charge in [0.2, 0.25) is 0 Å². The van der Waals surface area contributed by atoms with Crippen molar-refractivity contribution >= 4 is 75.8 Å². The molecule has 51 heavy (non-hydrogen) atoms. The molecule has 11 rings (SSSR count). The summed E-state index contributed by atoms with van der Waals surface area (Å²) in [7, 11) is 0. The first kappa shape index (κ1) is 28.2. The van der Waals surface area contributed by atoms with Crippen molar-refractivity contribution in [3.8, 4) is 33.4 Å². The van der Waals surface area contributed by atoms with Crippen LogP contribution in [0.2, 0.25) is 0 Å². The minimum atomic E-state index is 0.906. The smallest absolute Gasteiger partial charge is 0.136 e. The molecular formula is C50H30O. The van der Waals surface area contributed by atoms with E-state index >= 15 is 0 Å². The Morgan fingerprint density at radius 1 is 0.275 bits per heavy atom. The van der Waals surface area contributed by atoms with Gasteiger partial charge in [-0.05, 0) is 112 Å². The van der Waals surface area contributed by atoms with Gasteiger partial charge in [0, 0.05) is 10.8 Å². The van der Waals surface area contributed by atoms with E-state index in [2.05, 4.69) is 182 Å². The lowest BCUT2D eigenvalue weighted by Crippen LogP contribution is -1.94. The summed E-state index contributed by atoms with van der Waals surface area (Å²) in [6, 6.07) is 66.4. The number of benzene rings is 10. The largest absolute Gasteiger partial charge is 0.456 e. The average molecular weight is 647 g/mol. The van der Waals surface area contributed by atoms with Crippen molar-refractivity contribution < 1.29 is 4.42 Å². The second kappa shape index (κ2) is 10.9. The molecule has 0 bridgehead atoms. The molecule has 0 radical (unpaired) electrons. The van der Waals surface area contributed by atoms with Crippen LogP contribution in [0.25, 0.3) is 109 Å². The van der Waals surface area contributed by atoms with Crippen molar-refractivity contribution in [3.63, 3.8) is 0 Å². The fraction of sp³-hybridized carbons (Fsp3) is 0. The predicted molar refractivity (Wildman–Crippen MR) is 218 cm³/mol. The third-order valence-corrected chi connectivity index (χ3v) is 10.8. The van der Waals surface area contributed by atoms with Crippen molar-refractivity contribution in [1.29, 1.82) is 0 Å². The SMILES string of the molecule is c1ccc(-c2cc3ccc4ccccc4c3cc2-c2c3ccccc3c(-c3cccc4oc5ccc6ccccc6c5c34)c3ccccc23)cc1. The third-order valence-electron chi connectivity index (χ3n) is 10.8. The number of hydrogen-bond acceptors (Lipinski definition) is 1. The minimum absolute atomic E-state index is 0.906. The van der Waals surface area contributed by atoms with Crippen LogP contribution in [0.5, 0.6) is 0 Å². The van der Waals surface area contributed by atoms with Crippen molar-refractivity contribution in [2.45, 2.75) is 0 Å². The molecule has 0 N–H and O–H groups in total. The van der Waals surface area contributed by atoms with Crippen molar-refractivity contribution in [1.82, 2.24) is 0 Å². The van der Waals surface area contributed by atoms with Gasteiger partial charge in [-0.2, -0.15) is 0 Å². The van der Waals surface area contributed by atoms with Crippen LogP contribution in [-0.2, 0) is 0 Å². The van der Waals surface area contributed by atoms with E-state index in [4.69, 9.17) is 4.42 Å². The van der Waals surface area contributed by atoms with E-state index in [9.17, 15) is 0 Å². The summed E-state index contributed by atoms with van der Waals surface area (Å²) in [6.45, 7) is 0. The standard InChI is InChI=1S/C50H30O/c1-2-13-31(14-3-1)42-29-34-26-25-32-15-4-6-17-35(32)43(34)30-44(42)48-39-21-10-8-19-37(39)47(38-20-9-11-22-40(38)48)41-23-12-24-45-50(41)49-36-18-7-5-16-33(36)27-28-46(49)51-45/h1-30H. The highest BCUT2D eigenvalue weighted by atomic mass is 16.3. The highest BCUT2D eigenvalue weighted by Crippen LogP contribution is 2.50. The van der Waals surface area contributed by atoms with Gasteiger partial charge in [0.1, 0.15) is 11.2 Å². The Morgan fingerprint density at radius 3 is 1.51 bits per heavy atom. The Kier molecular flexibility index (Phi) is 6.02. The molecule has 0 saturated carbocycles. The van der Waals surface area contributed by atoms with Crippen LogP contribution in [0.3, 0.4) is 0 Å². The zero-order chi connectivity index (χ0) is 33.5. The first-order chi connectivity index (χ1) is 25.3. The van der Waals surface area contributed by atoms with Gasteiger partial charge in [-0.25, -0.2) is 0 Å². The van der Waals surface area contributed by atoms with Gasteiger partial charge in [-0.15, -0.1) is 0 Å². The fourth-order valence-electron chi connectivity index (χ4n) is 8.62. The molecule has 0 fully saturated rings. The Labute approximate surface area is 294 Å². The summed E-state index contributed by atoms with van der Waals surface area (Å²) in [6.07, 6.45) is 0. The van der Waals surface area contributed by atoms with Gasteiger partial charge in [-0.1, -0.05) is 158 Å². The lowest BCUT2D eigenvalue weighted by atomic mass is 9.82. The maximum Gasteiger partial charge on any atom is 0.136 e. The summed E-state index contributed by atoms with van der Waals surface area (Å²) in [5, 5.41) is 14.7. The number of rotatable bonds is 3. The summed E-state index contributed by atoms with van der Waals surface area (Å²) in [4.78, 5) is 0. The van der Waals surface area contributed by atoms with E-state index < -0.39 is 0 Å². The molecule has 0 aliphatic carbocycles. The molecule has 236 valence electrons. The van der Waals surface area contributed by atoms with Gasteiger partial charge in [-0.3, -0.25) is 0 Å². The zero-order valence-electron chi connectivity index (χ0n) is 27.7. The highest BCUT2D eigenvalue weighted by molar-refractivity contribution is 6.29. The van der Waals surface area contributed by atoms with Crippen LogP contribution in [0.15, 0.2) is 186 Å². The number of fused-ring (bicyclic) bond motifs is 10. The van der Waals surface area contributed by atoms with E-state index in [1.54, 1.807) is 0 Å². The summed E-state index contributed by atoms with van der Waals surface area (Å²) in [5.74, 6) is 0. The molecule has 1 heteroatoms. The molecule has 0 aliphatic heterocycles. The van der Waals surface area contributed by atoms with Gasteiger partial charge in [0.25, 0.3) is 0 Å². The molecule has 1 nitrogen and oxygen atoms in total. The van der Waals surface area contributed by atoms with E-state index in [1.165, 1.54) is 92.6 Å². The third kappa shape index (κ3) is 4.16. The van der Waals surface area contributed by atoms with Crippen molar-refractivity contribution in [2.24, 2.45) is 0 Å². The number of hydrogen-bond donors (Lipinski definition) is 0. The van der Waals surface area contributed by atoms with Crippen LogP contribution in [0.1, 0.15) is 0 Å². The van der Waals surface area contributed by atoms with Gasteiger partial charge in [0.15, 0.2) is 0 Å². The van der Waals surface area contributed by atoms with E-state index in [-0.39, 0.29) is 0 Å². The zero-order valence-corrected chi connectivity index (χ0v) is 27.7. The van der Waals surface area contributed by atoms with Crippen LogP contribution >= 0.6 is 0 Å². The minimum Gasteiger partial charge on any atom is -0.456 e. The summed E-state index contributed by atoms with van der Waals surface area (Å²) >= 11 is 0. The van der Waals surface area contributed by atoms with Crippen LogP contribution in [-0.4, -0.2) is 0 Å². The molecule has 0 unspecified atom stereocenters. The van der Waals surface area contributed by atoms with Crippen LogP contribution < -0.4 is 0 Å². The molecule has 0 amide bonds. The fourth-order valence-corrected chi connectivity index (χ4v) is 8.62. The summed E-state index contributed by atoms with van der Waals surface area (Å²) < 4.78 is 6.58.